The van der Waals surface area contributed by atoms with Crippen LogP contribution >= 0.6 is 0 Å². The van der Waals surface area contributed by atoms with Crippen LogP contribution in [0.5, 0.6) is 0 Å². The largest absolute Gasteiger partial charge is 0.478 e. The number of carboxylic acids is 1. The van der Waals surface area contributed by atoms with Crippen molar-refractivity contribution in [2.75, 3.05) is 0 Å². The van der Waals surface area contributed by atoms with Crippen molar-refractivity contribution in [1.82, 2.24) is 15.0 Å². The summed E-state index contributed by atoms with van der Waals surface area (Å²) in [4.78, 5) is 11.0. The minimum atomic E-state index is -1.07. The topological polar surface area (TPSA) is 91.8 Å². The fourth-order valence-corrected chi connectivity index (χ4v) is 1.97. The van der Waals surface area contributed by atoms with Crippen molar-refractivity contribution in [1.29, 1.82) is 5.26 Å². The monoisotopic (exact) mass is 282 g/mol. The fourth-order valence-electron chi connectivity index (χ4n) is 1.97. The summed E-state index contributed by atoms with van der Waals surface area (Å²) in [6.07, 6.45) is 0. The lowest BCUT2D eigenvalue weighted by molar-refractivity contribution is 0.0697. The van der Waals surface area contributed by atoms with E-state index < -0.39 is 11.8 Å². The molecule has 0 aliphatic carbocycles. The molecular formula is C14H7FN4O2. The van der Waals surface area contributed by atoms with E-state index in [0.717, 1.165) is 6.07 Å². The number of carboxylic acid groups (broad SMARTS) is 1. The van der Waals surface area contributed by atoms with Crippen LogP contribution in [0.4, 0.5) is 4.39 Å². The maximum atomic E-state index is 13.3. The predicted molar refractivity (Wildman–Crippen MR) is 70.5 cm³/mol. The van der Waals surface area contributed by atoms with E-state index in [1.165, 1.54) is 35.0 Å². The van der Waals surface area contributed by atoms with E-state index in [9.17, 15) is 9.18 Å². The summed E-state index contributed by atoms with van der Waals surface area (Å²) >= 11 is 0. The predicted octanol–water partition coefficient (Wildman–Crippen LogP) is 2.13. The molecule has 3 rings (SSSR count). The molecule has 0 radical (unpaired) electrons. The molecule has 0 spiro atoms. The van der Waals surface area contributed by atoms with E-state index in [4.69, 9.17) is 10.4 Å². The van der Waals surface area contributed by atoms with Gasteiger partial charge >= 0.3 is 5.97 Å². The Morgan fingerprint density at radius 3 is 2.81 bits per heavy atom. The number of carbonyl (C=O) groups is 1. The van der Waals surface area contributed by atoms with Crippen molar-refractivity contribution in [3.63, 3.8) is 0 Å². The van der Waals surface area contributed by atoms with Gasteiger partial charge in [-0.3, -0.25) is 0 Å². The lowest BCUT2D eigenvalue weighted by atomic mass is 10.2. The number of nitrogens with zero attached hydrogens (tertiary/aromatic N) is 4. The standard InChI is InChI=1S/C14H7FN4O2/c15-11-3-2-10(5-9(11)7-16)19-13-6-8(14(20)21)1-4-12(13)17-18-19/h1-6H,(H,20,21). The number of aromatic nitrogens is 3. The molecule has 0 aliphatic rings. The second-order valence-electron chi connectivity index (χ2n) is 4.29. The van der Waals surface area contributed by atoms with Gasteiger partial charge in [-0.2, -0.15) is 5.26 Å². The molecule has 3 aromatic rings. The minimum Gasteiger partial charge on any atom is -0.478 e. The molecule has 1 aromatic heterocycles. The van der Waals surface area contributed by atoms with Crippen LogP contribution in [0, 0.1) is 17.1 Å². The number of rotatable bonds is 2. The number of halogens is 1. The maximum Gasteiger partial charge on any atom is 0.335 e. The van der Waals surface area contributed by atoms with Crippen molar-refractivity contribution in [2.45, 2.75) is 0 Å². The van der Waals surface area contributed by atoms with Crippen LogP contribution in [-0.2, 0) is 0 Å². The molecule has 0 unspecified atom stereocenters. The summed E-state index contributed by atoms with van der Waals surface area (Å²) in [5, 5.41) is 25.7. The summed E-state index contributed by atoms with van der Waals surface area (Å²) in [7, 11) is 0. The third-order valence-electron chi connectivity index (χ3n) is 3.01. The van der Waals surface area contributed by atoms with Crippen molar-refractivity contribution in [3.05, 3.63) is 53.3 Å². The molecule has 0 saturated heterocycles. The number of aromatic carboxylic acids is 1. The van der Waals surface area contributed by atoms with Crippen molar-refractivity contribution >= 4 is 17.0 Å². The van der Waals surface area contributed by atoms with Gasteiger partial charge in [-0.15, -0.1) is 5.10 Å². The quantitative estimate of drug-likeness (QED) is 0.777. The molecule has 2 aromatic carbocycles. The Morgan fingerprint density at radius 1 is 1.29 bits per heavy atom. The molecular weight excluding hydrogens is 275 g/mol. The molecule has 7 heteroatoms. The molecule has 21 heavy (non-hydrogen) atoms. The Hall–Kier alpha value is -3.27. The van der Waals surface area contributed by atoms with E-state index in [0.29, 0.717) is 16.7 Å². The van der Waals surface area contributed by atoms with Crippen molar-refractivity contribution in [3.8, 4) is 11.8 Å². The van der Waals surface area contributed by atoms with Crippen LogP contribution in [0.1, 0.15) is 15.9 Å². The van der Waals surface area contributed by atoms with Gasteiger partial charge in [-0.25, -0.2) is 13.9 Å². The molecule has 0 atom stereocenters. The van der Waals surface area contributed by atoms with Crippen molar-refractivity contribution in [2.24, 2.45) is 0 Å². The van der Waals surface area contributed by atoms with Crippen molar-refractivity contribution < 1.29 is 14.3 Å². The van der Waals surface area contributed by atoms with Gasteiger partial charge in [0.2, 0.25) is 0 Å². The summed E-state index contributed by atoms with van der Waals surface area (Å²) in [5.74, 6) is -1.70. The maximum absolute atomic E-state index is 13.3. The number of hydrogen-bond acceptors (Lipinski definition) is 4. The molecule has 1 N–H and O–H groups in total. The molecule has 0 saturated carbocycles. The second-order valence-corrected chi connectivity index (χ2v) is 4.29. The van der Waals surface area contributed by atoms with Gasteiger partial charge in [-0.05, 0) is 36.4 Å². The number of hydrogen-bond donors (Lipinski definition) is 1. The lowest BCUT2D eigenvalue weighted by Crippen LogP contribution is -2.00. The number of nitriles is 1. The molecule has 0 amide bonds. The van der Waals surface area contributed by atoms with Gasteiger partial charge in [0.05, 0.1) is 22.3 Å². The first kappa shape index (κ1) is 12.7. The Bertz CT molecular complexity index is 911. The highest BCUT2D eigenvalue weighted by Crippen LogP contribution is 2.19. The SMILES string of the molecule is N#Cc1cc(-n2nnc3ccc(C(=O)O)cc32)ccc1F. The smallest absolute Gasteiger partial charge is 0.335 e. The zero-order valence-corrected chi connectivity index (χ0v) is 10.5. The molecule has 6 nitrogen and oxygen atoms in total. The van der Waals surface area contributed by atoms with E-state index >= 15 is 0 Å². The van der Waals surface area contributed by atoms with Gasteiger partial charge in [0.25, 0.3) is 0 Å². The lowest BCUT2D eigenvalue weighted by Gasteiger charge is -2.03. The van der Waals surface area contributed by atoms with Gasteiger partial charge in [0, 0.05) is 0 Å². The molecule has 0 bridgehead atoms. The normalized spacial score (nSPS) is 10.5. The highest BCUT2D eigenvalue weighted by molar-refractivity contribution is 5.92. The van der Waals surface area contributed by atoms with Crippen LogP contribution in [0.25, 0.3) is 16.7 Å². The fraction of sp³-hybridized carbons (Fsp3) is 0. The summed E-state index contributed by atoms with van der Waals surface area (Å²) < 4.78 is 14.7. The zero-order chi connectivity index (χ0) is 15.0. The van der Waals surface area contributed by atoms with Crippen LogP contribution < -0.4 is 0 Å². The van der Waals surface area contributed by atoms with Gasteiger partial charge in [0.1, 0.15) is 17.4 Å². The van der Waals surface area contributed by atoms with Crippen LogP contribution in [-0.4, -0.2) is 26.1 Å². The van der Waals surface area contributed by atoms with Gasteiger partial charge < -0.3 is 5.11 Å². The third-order valence-corrected chi connectivity index (χ3v) is 3.01. The van der Waals surface area contributed by atoms with Crippen LogP contribution in [0.3, 0.4) is 0 Å². The summed E-state index contributed by atoms with van der Waals surface area (Å²) in [6, 6.07) is 10.1. The highest BCUT2D eigenvalue weighted by atomic mass is 19.1. The Morgan fingerprint density at radius 2 is 2.10 bits per heavy atom. The Kier molecular flexibility index (Phi) is 2.84. The van der Waals surface area contributed by atoms with E-state index in [2.05, 4.69) is 10.3 Å². The Labute approximate surface area is 117 Å². The number of benzene rings is 2. The van der Waals surface area contributed by atoms with Crippen LogP contribution in [0.2, 0.25) is 0 Å². The van der Waals surface area contributed by atoms with E-state index in [1.54, 1.807) is 6.07 Å². The first-order valence-corrected chi connectivity index (χ1v) is 5.89. The van der Waals surface area contributed by atoms with Gasteiger partial charge in [0.15, 0.2) is 0 Å². The first-order chi connectivity index (χ1) is 10.1. The van der Waals surface area contributed by atoms with Crippen LogP contribution in [0.15, 0.2) is 36.4 Å². The van der Waals surface area contributed by atoms with Gasteiger partial charge in [-0.1, -0.05) is 5.21 Å². The molecule has 102 valence electrons. The third kappa shape index (κ3) is 2.08. The molecule has 0 fully saturated rings. The average Bonchev–Trinajstić information content (AvgIpc) is 2.90. The second kappa shape index (κ2) is 4.68. The van der Waals surface area contributed by atoms with E-state index in [-0.39, 0.29) is 11.1 Å². The molecule has 0 aliphatic heterocycles. The van der Waals surface area contributed by atoms with E-state index in [1.807, 2.05) is 0 Å². The summed E-state index contributed by atoms with van der Waals surface area (Å²) in [5.41, 5.74) is 1.37. The average molecular weight is 282 g/mol. The molecule has 1 heterocycles. The first-order valence-electron chi connectivity index (χ1n) is 5.89. The highest BCUT2D eigenvalue weighted by Gasteiger charge is 2.12. The summed E-state index contributed by atoms with van der Waals surface area (Å²) in [6.45, 7) is 0. The minimum absolute atomic E-state index is 0.0914. The Balaban J connectivity index is 2.23. The number of fused-ring (bicyclic) bond motifs is 1. The zero-order valence-electron chi connectivity index (χ0n) is 10.5.